The summed E-state index contributed by atoms with van der Waals surface area (Å²) in [5, 5.41) is 3.83. The zero-order valence-corrected chi connectivity index (χ0v) is 10.7. The molecule has 2 nitrogen and oxygen atoms in total. The first kappa shape index (κ1) is 11.2. The van der Waals surface area contributed by atoms with Crippen LogP contribution in [0.2, 0.25) is 0 Å². The van der Waals surface area contributed by atoms with Crippen LogP contribution in [-0.2, 0) is 6.42 Å². The summed E-state index contributed by atoms with van der Waals surface area (Å²) >= 11 is 0. The minimum absolute atomic E-state index is 0.509. The third-order valence-electron chi connectivity index (χ3n) is 4.20. The van der Waals surface area contributed by atoms with Gasteiger partial charge in [0.1, 0.15) is 0 Å². The molecule has 3 rings (SSSR count). The summed E-state index contributed by atoms with van der Waals surface area (Å²) in [6.07, 6.45) is 9.88. The lowest BCUT2D eigenvalue weighted by molar-refractivity contribution is 0.385. The van der Waals surface area contributed by atoms with Crippen molar-refractivity contribution in [2.75, 3.05) is 0 Å². The summed E-state index contributed by atoms with van der Waals surface area (Å²) in [6, 6.07) is 5.49. The number of nitrogens with zero attached hydrogens (tertiary/aromatic N) is 1. The van der Waals surface area contributed by atoms with Crippen LogP contribution >= 0.6 is 0 Å². The highest BCUT2D eigenvalue weighted by Crippen LogP contribution is 2.36. The van der Waals surface area contributed by atoms with Gasteiger partial charge in [-0.2, -0.15) is 0 Å². The molecule has 0 saturated heterocycles. The van der Waals surface area contributed by atoms with Gasteiger partial charge in [0.15, 0.2) is 0 Å². The lowest BCUT2D eigenvalue weighted by Crippen LogP contribution is -2.32. The molecule has 0 radical (unpaired) electrons. The van der Waals surface area contributed by atoms with Gasteiger partial charge in [-0.25, -0.2) is 0 Å². The molecule has 2 atom stereocenters. The Balaban J connectivity index is 1.65. The van der Waals surface area contributed by atoms with Crippen LogP contribution in [0.1, 0.15) is 56.3 Å². The van der Waals surface area contributed by atoms with Gasteiger partial charge in [-0.1, -0.05) is 25.8 Å². The first-order valence-corrected chi connectivity index (χ1v) is 7.06. The van der Waals surface area contributed by atoms with E-state index in [0.29, 0.717) is 12.1 Å². The number of aromatic nitrogens is 1. The molecule has 2 aliphatic carbocycles. The number of aryl methyl sites for hydroxylation is 1. The standard InChI is InChI=1S/C15H22N2/c1-2-13(10-11-5-6-11)17-14-8-7-12-4-3-9-16-15(12)14/h3-4,9,11,13-14,17H,2,5-8,10H2,1H3. The van der Waals surface area contributed by atoms with Gasteiger partial charge in [0.25, 0.3) is 0 Å². The maximum absolute atomic E-state index is 4.56. The molecule has 2 heteroatoms. The van der Waals surface area contributed by atoms with Crippen molar-refractivity contribution in [3.8, 4) is 0 Å². The second-order valence-electron chi connectivity index (χ2n) is 5.59. The Morgan fingerprint density at radius 2 is 2.29 bits per heavy atom. The van der Waals surface area contributed by atoms with E-state index in [-0.39, 0.29) is 0 Å². The van der Waals surface area contributed by atoms with Gasteiger partial charge in [-0.15, -0.1) is 0 Å². The van der Waals surface area contributed by atoms with Crippen LogP contribution < -0.4 is 5.32 Å². The molecule has 2 aliphatic rings. The molecule has 1 fully saturated rings. The molecule has 1 N–H and O–H groups in total. The highest BCUT2D eigenvalue weighted by atomic mass is 15.0. The van der Waals surface area contributed by atoms with Crippen LogP contribution in [0, 0.1) is 5.92 Å². The van der Waals surface area contributed by atoms with E-state index in [2.05, 4.69) is 29.4 Å². The van der Waals surface area contributed by atoms with Crippen molar-refractivity contribution >= 4 is 0 Å². The predicted molar refractivity (Wildman–Crippen MR) is 69.9 cm³/mol. The van der Waals surface area contributed by atoms with Crippen molar-refractivity contribution < 1.29 is 0 Å². The Hall–Kier alpha value is -0.890. The van der Waals surface area contributed by atoms with Crippen molar-refractivity contribution in [2.24, 2.45) is 5.92 Å². The molecular formula is C15H22N2. The number of fused-ring (bicyclic) bond motifs is 1. The van der Waals surface area contributed by atoms with E-state index < -0.39 is 0 Å². The molecule has 17 heavy (non-hydrogen) atoms. The summed E-state index contributed by atoms with van der Waals surface area (Å²) in [4.78, 5) is 4.56. The Labute approximate surface area is 104 Å². The lowest BCUT2D eigenvalue weighted by atomic mass is 10.1. The Morgan fingerprint density at radius 3 is 3.06 bits per heavy atom. The van der Waals surface area contributed by atoms with E-state index in [1.165, 1.54) is 49.8 Å². The van der Waals surface area contributed by atoms with Crippen LogP contribution in [0.15, 0.2) is 18.3 Å². The normalized spacial score (nSPS) is 24.6. The van der Waals surface area contributed by atoms with E-state index in [0.717, 1.165) is 5.92 Å². The topological polar surface area (TPSA) is 24.9 Å². The Kier molecular flexibility index (Phi) is 3.15. The van der Waals surface area contributed by atoms with E-state index in [1.807, 2.05) is 6.20 Å². The predicted octanol–water partition coefficient (Wildman–Crippen LogP) is 3.24. The summed E-state index contributed by atoms with van der Waals surface area (Å²) in [7, 11) is 0. The number of nitrogens with one attached hydrogen (secondary N) is 1. The summed E-state index contributed by atoms with van der Waals surface area (Å²) in [5.74, 6) is 1.01. The minimum Gasteiger partial charge on any atom is -0.306 e. The molecule has 2 unspecified atom stereocenters. The maximum atomic E-state index is 4.56. The number of pyridine rings is 1. The van der Waals surface area contributed by atoms with Gasteiger partial charge < -0.3 is 5.32 Å². The fourth-order valence-corrected chi connectivity index (χ4v) is 2.97. The fraction of sp³-hybridized carbons (Fsp3) is 0.667. The van der Waals surface area contributed by atoms with Gasteiger partial charge in [-0.05, 0) is 43.2 Å². The minimum atomic E-state index is 0.509. The molecule has 0 spiro atoms. The summed E-state index contributed by atoms with van der Waals surface area (Å²) in [5.41, 5.74) is 2.76. The molecule has 1 heterocycles. The van der Waals surface area contributed by atoms with Crippen molar-refractivity contribution in [3.63, 3.8) is 0 Å². The van der Waals surface area contributed by atoms with Crippen LogP contribution in [0.4, 0.5) is 0 Å². The number of rotatable bonds is 5. The summed E-state index contributed by atoms with van der Waals surface area (Å²) < 4.78 is 0. The third-order valence-corrected chi connectivity index (χ3v) is 4.20. The van der Waals surface area contributed by atoms with Gasteiger partial charge in [0.05, 0.1) is 11.7 Å². The molecule has 0 bridgehead atoms. The molecule has 1 aromatic heterocycles. The first-order chi connectivity index (χ1) is 8.36. The first-order valence-electron chi connectivity index (χ1n) is 7.06. The van der Waals surface area contributed by atoms with Gasteiger partial charge in [0.2, 0.25) is 0 Å². The van der Waals surface area contributed by atoms with E-state index in [4.69, 9.17) is 0 Å². The van der Waals surface area contributed by atoms with E-state index >= 15 is 0 Å². The average molecular weight is 230 g/mol. The smallest absolute Gasteiger partial charge is 0.0605 e. The number of hydrogen-bond donors (Lipinski definition) is 1. The highest BCUT2D eigenvalue weighted by molar-refractivity contribution is 5.28. The van der Waals surface area contributed by atoms with Gasteiger partial charge in [-0.3, -0.25) is 4.98 Å². The molecule has 0 aliphatic heterocycles. The summed E-state index contributed by atoms with van der Waals surface area (Å²) in [6.45, 7) is 2.30. The quantitative estimate of drug-likeness (QED) is 0.840. The fourth-order valence-electron chi connectivity index (χ4n) is 2.97. The van der Waals surface area contributed by atoms with Crippen LogP contribution in [0.3, 0.4) is 0 Å². The van der Waals surface area contributed by atoms with Crippen molar-refractivity contribution in [3.05, 3.63) is 29.6 Å². The van der Waals surface area contributed by atoms with Crippen molar-refractivity contribution in [2.45, 2.75) is 57.5 Å². The lowest BCUT2D eigenvalue weighted by Gasteiger charge is -2.22. The SMILES string of the molecule is CCC(CC1CC1)NC1CCc2cccnc21. The molecule has 92 valence electrons. The zero-order chi connectivity index (χ0) is 11.7. The van der Waals surface area contributed by atoms with Crippen LogP contribution in [-0.4, -0.2) is 11.0 Å². The van der Waals surface area contributed by atoms with E-state index in [1.54, 1.807) is 0 Å². The van der Waals surface area contributed by atoms with Crippen LogP contribution in [0.25, 0.3) is 0 Å². The zero-order valence-electron chi connectivity index (χ0n) is 10.7. The third kappa shape index (κ3) is 2.52. The molecular weight excluding hydrogens is 208 g/mol. The molecule has 0 amide bonds. The average Bonchev–Trinajstić information content (AvgIpc) is 3.09. The monoisotopic (exact) mass is 230 g/mol. The molecule has 0 aromatic carbocycles. The highest BCUT2D eigenvalue weighted by Gasteiger charge is 2.29. The van der Waals surface area contributed by atoms with Crippen molar-refractivity contribution in [1.82, 2.24) is 10.3 Å². The van der Waals surface area contributed by atoms with Gasteiger partial charge >= 0.3 is 0 Å². The second-order valence-corrected chi connectivity index (χ2v) is 5.59. The Morgan fingerprint density at radius 1 is 1.41 bits per heavy atom. The second kappa shape index (κ2) is 4.77. The largest absolute Gasteiger partial charge is 0.306 e. The van der Waals surface area contributed by atoms with E-state index in [9.17, 15) is 0 Å². The van der Waals surface area contributed by atoms with Crippen LogP contribution in [0.5, 0.6) is 0 Å². The maximum Gasteiger partial charge on any atom is 0.0605 e. The Bertz CT molecular complexity index is 384. The van der Waals surface area contributed by atoms with Gasteiger partial charge in [0, 0.05) is 12.2 Å². The van der Waals surface area contributed by atoms with Crippen molar-refractivity contribution in [1.29, 1.82) is 0 Å². The molecule has 1 saturated carbocycles. The number of hydrogen-bond acceptors (Lipinski definition) is 2. The molecule has 1 aromatic rings.